The van der Waals surface area contributed by atoms with E-state index in [0.29, 0.717) is 36.8 Å². The van der Waals surface area contributed by atoms with Gasteiger partial charge in [-0.15, -0.1) is 0 Å². The van der Waals surface area contributed by atoms with Gasteiger partial charge in [-0.25, -0.2) is 8.42 Å². The molecule has 3 aromatic carbocycles. The van der Waals surface area contributed by atoms with E-state index in [9.17, 15) is 13.2 Å². The molecule has 0 bridgehead atoms. The number of carbonyl (C=O) groups excluding carboxylic acids is 1. The van der Waals surface area contributed by atoms with Crippen molar-refractivity contribution in [3.05, 3.63) is 84.4 Å². The number of hydrogen-bond acceptors (Lipinski definition) is 5. The molecule has 0 fully saturated rings. The molecule has 0 saturated carbocycles. The fourth-order valence-corrected chi connectivity index (χ4v) is 5.35. The quantitative estimate of drug-likeness (QED) is 0.530. The Labute approximate surface area is 200 Å². The molecule has 0 radical (unpaired) electrons. The van der Waals surface area contributed by atoms with E-state index in [0.717, 1.165) is 9.87 Å². The van der Waals surface area contributed by atoms with Gasteiger partial charge in [-0.05, 0) is 50.1 Å². The lowest BCUT2D eigenvalue weighted by Gasteiger charge is -2.30. The van der Waals surface area contributed by atoms with E-state index in [-0.39, 0.29) is 11.4 Å². The molecule has 1 amide bonds. The van der Waals surface area contributed by atoms with Crippen LogP contribution in [0.5, 0.6) is 11.5 Å². The number of amides is 1. The molecular formula is C26H28N2O5S. The summed E-state index contributed by atoms with van der Waals surface area (Å²) in [5, 5.41) is 2.99. The average molecular weight is 481 g/mol. The van der Waals surface area contributed by atoms with Crippen LogP contribution in [0.1, 0.15) is 19.4 Å². The number of hydrogen-bond donors (Lipinski definition) is 1. The van der Waals surface area contributed by atoms with Crippen LogP contribution in [0.4, 0.5) is 5.69 Å². The maximum Gasteiger partial charge on any atom is 0.264 e. The van der Waals surface area contributed by atoms with Crippen molar-refractivity contribution >= 4 is 21.6 Å². The summed E-state index contributed by atoms with van der Waals surface area (Å²) in [4.78, 5) is 13.2. The van der Waals surface area contributed by atoms with Crippen LogP contribution in [-0.4, -0.2) is 39.6 Å². The smallest absolute Gasteiger partial charge is 0.264 e. The van der Waals surface area contributed by atoms with Crippen molar-refractivity contribution in [3.8, 4) is 11.5 Å². The van der Waals surface area contributed by atoms with Gasteiger partial charge in [-0.3, -0.25) is 9.10 Å². The van der Waals surface area contributed by atoms with Gasteiger partial charge in [0.25, 0.3) is 10.0 Å². The Hall–Kier alpha value is -3.52. The first-order valence-electron chi connectivity index (χ1n) is 11.1. The summed E-state index contributed by atoms with van der Waals surface area (Å²) in [5.41, 5.74) is 0.825. The number of benzene rings is 3. The molecule has 0 spiro atoms. The van der Waals surface area contributed by atoms with Gasteiger partial charge >= 0.3 is 0 Å². The van der Waals surface area contributed by atoms with Crippen molar-refractivity contribution in [1.82, 2.24) is 5.32 Å². The molecule has 1 N–H and O–H groups in total. The molecule has 1 aliphatic heterocycles. The highest BCUT2D eigenvalue weighted by Gasteiger charge is 2.30. The first-order chi connectivity index (χ1) is 16.2. The zero-order chi connectivity index (χ0) is 24.2. The Kier molecular flexibility index (Phi) is 6.79. The molecule has 34 heavy (non-hydrogen) atoms. The molecule has 0 unspecified atom stereocenters. The second-order valence-corrected chi connectivity index (χ2v) is 10.6. The van der Waals surface area contributed by atoms with Crippen LogP contribution in [0.3, 0.4) is 0 Å². The zero-order valence-corrected chi connectivity index (χ0v) is 20.0. The number of fused-ring (bicyclic) bond motifs is 1. The monoisotopic (exact) mass is 480 g/mol. The van der Waals surface area contributed by atoms with Gasteiger partial charge in [-0.2, -0.15) is 0 Å². The summed E-state index contributed by atoms with van der Waals surface area (Å²) >= 11 is 0. The molecule has 8 heteroatoms. The lowest BCUT2D eigenvalue weighted by molar-refractivity contribution is -0.121. The summed E-state index contributed by atoms with van der Waals surface area (Å²) < 4.78 is 39.4. The SMILES string of the molecule is CC(C)(Cc1ccccc1)NC(=O)CN(c1ccc2c(c1)OCCO2)S(=O)(=O)c1ccccc1. The average Bonchev–Trinajstić information content (AvgIpc) is 2.82. The predicted molar refractivity (Wildman–Crippen MR) is 131 cm³/mol. The van der Waals surface area contributed by atoms with E-state index in [1.807, 2.05) is 44.2 Å². The van der Waals surface area contributed by atoms with Crippen molar-refractivity contribution in [3.63, 3.8) is 0 Å². The molecule has 0 atom stereocenters. The zero-order valence-electron chi connectivity index (χ0n) is 19.2. The lowest BCUT2D eigenvalue weighted by atomic mass is 9.95. The number of nitrogens with zero attached hydrogens (tertiary/aromatic N) is 1. The highest BCUT2D eigenvalue weighted by atomic mass is 32.2. The van der Waals surface area contributed by atoms with Crippen molar-refractivity contribution in [2.45, 2.75) is 30.7 Å². The summed E-state index contributed by atoms with van der Waals surface area (Å²) in [6.45, 7) is 4.25. The highest BCUT2D eigenvalue weighted by Crippen LogP contribution is 2.35. The van der Waals surface area contributed by atoms with Gasteiger partial charge in [-0.1, -0.05) is 48.5 Å². The normalized spacial score (nSPS) is 13.2. The molecule has 0 aromatic heterocycles. The number of sulfonamides is 1. The topological polar surface area (TPSA) is 84.9 Å². The Morgan fingerprint density at radius 2 is 1.53 bits per heavy atom. The molecule has 7 nitrogen and oxygen atoms in total. The van der Waals surface area contributed by atoms with Crippen molar-refractivity contribution in [2.75, 3.05) is 24.1 Å². The summed E-state index contributed by atoms with van der Waals surface area (Å²) in [7, 11) is -4.01. The highest BCUT2D eigenvalue weighted by molar-refractivity contribution is 7.92. The first kappa shape index (κ1) is 23.6. The molecule has 0 aliphatic carbocycles. The minimum atomic E-state index is -4.01. The second kappa shape index (κ2) is 9.77. The van der Waals surface area contributed by atoms with Crippen LogP contribution >= 0.6 is 0 Å². The van der Waals surface area contributed by atoms with Gasteiger partial charge in [0.05, 0.1) is 10.6 Å². The van der Waals surface area contributed by atoms with E-state index < -0.39 is 21.5 Å². The second-order valence-electron chi connectivity index (χ2n) is 8.75. The minimum Gasteiger partial charge on any atom is -0.486 e. The third kappa shape index (κ3) is 5.51. The molecule has 3 aromatic rings. The predicted octanol–water partition coefficient (Wildman–Crippen LogP) is 3.79. The summed E-state index contributed by atoms with van der Waals surface area (Å²) in [6.07, 6.45) is 0.606. The Balaban J connectivity index is 1.61. The number of nitrogens with one attached hydrogen (secondary N) is 1. The molecule has 1 heterocycles. The Morgan fingerprint density at radius 3 is 2.21 bits per heavy atom. The molecule has 1 aliphatic rings. The number of ether oxygens (including phenoxy) is 2. The molecule has 4 rings (SSSR count). The molecular weight excluding hydrogens is 452 g/mol. The van der Waals surface area contributed by atoms with Gasteiger partial charge in [0.15, 0.2) is 11.5 Å². The van der Waals surface area contributed by atoms with Crippen LogP contribution in [-0.2, 0) is 21.2 Å². The maximum atomic E-state index is 13.6. The van der Waals surface area contributed by atoms with Crippen LogP contribution in [0.15, 0.2) is 83.8 Å². The van der Waals surface area contributed by atoms with E-state index in [4.69, 9.17) is 9.47 Å². The largest absolute Gasteiger partial charge is 0.486 e. The molecule has 178 valence electrons. The number of carbonyl (C=O) groups is 1. The van der Waals surface area contributed by atoms with Gasteiger partial charge in [0.2, 0.25) is 5.91 Å². The lowest BCUT2D eigenvalue weighted by Crippen LogP contribution is -2.50. The van der Waals surface area contributed by atoms with Crippen LogP contribution in [0.2, 0.25) is 0 Å². The summed E-state index contributed by atoms with van der Waals surface area (Å²) in [5.74, 6) is 0.581. The van der Waals surface area contributed by atoms with Gasteiger partial charge in [0.1, 0.15) is 19.8 Å². The first-order valence-corrected chi connectivity index (χ1v) is 12.5. The number of anilines is 1. The van der Waals surface area contributed by atoms with Crippen LogP contribution in [0, 0.1) is 0 Å². The van der Waals surface area contributed by atoms with Gasteiger partial charge in [0, 0.05) is 11.6 Å². The number of rotatable bonds is 8. The third-order valence-corrected chi connectivity index (χ3v) is 7.19. The Bertz CT molecular complexity index is 1240. The van der Waals surface area contributed by atoms with Crippen molar-refractivity contribution in [1.29, 1.82) is 0 Å². The maximum absolute atomic E-state index is 13.6. The van der Waals surface area contributed by atoms with Gasteiger partial charge < -0.3 is 14.8 Å². The fraction of sp³-hybridized carbons (Fsp3) is 0.269. The van der Waals surface area contributed by atoms with E-state index in [1.54, 1.807) is 36.4 Å². The fourth-order valence-electron chi connectivity index (χ4n) is 3.92. The van der Waals surface area contributed by atoms with E-state index >= 15 is 0 Å². The Morgan fingerprint density at radius 1 is 0.912 bits per heavy atom. The van der Waals surface area contributed by atoms with Crippen molar-refractivity contribution < 1.29 is 22.7 Å². The standard InChI is InChI=1S/C26H28N2O5S/c1-26(2,18-20-9-5-3-6-10-20)27-25(29)19-28(34(30,31)22-11-7-4-8-12-22)21-13-14-23-24(17-21)33-16-15-32-23/h3-14,17H,15-16,18-19H2,1-2H3,(H,27,29). The van der Waals surface area contributed by atoms with E-state index in [1.165, 1.54) is 12.1 Å². The third-order valence-electron chi connectivity index (χ3n) is 5.40. The molecule has 0 saturated heterocycles. The minimum absolute atomic E-state index is 0.0984. The van der Waals surface area contributed by atoms with Crippen molar-refractivity contribution in [2.24, 2.45) is 0 Å². The van der Waals surface area contributed by atoms with Crippen LogP contribution < -0.4 is 19.1 Å². The van der Waals surface area contributed by atoms with Crippen LogP contribution in [0.25, 0.3) is 0 Å². The summed E-state index contributed by atoms with van der Waals surface area (Å²) in [6, 6.07) is 22.8. The van der Waals surface area contributed by atoms with E-state index in [2.05, 4.69) is 5.32 Å².